The van der Waals surface area contributed by atoms with Gasteiger partial charge in [-0.3, -0.25) is 0 Å². The SMILES string of the molecule is c1ccc(NC2CCc3ccccc32)nc1. The highest BCUT2D eigenvalue weighted by Gasteiger charge is 2.21. The van der Waals surface area contributed by atoms with E-state index < -0.39 is 0 Å². The van der Waals surface area contributed by atoms with Crippen molar-refractivity contribution >= 4 is 5.82 Å². The molecule has 0 aliphatic heterocycles. The maximum Gasteiger partial charge on any atom is 0.126 e. The summed E-state index contributed by atoms with van der Waals surface area (Å²) in [6.07, 6.45) is 4.15. The predicted octanol–water partition coefficient (Wildman–Crippen LogP) is 3.18. The molecule has 0 amide bonds. The third-order valence-corrected chi connectivity index (χ3v) is 3.12. The number of anilines is 1. The van der Waals surface area contributed by atoms with E-state index in [0.29, 0.717) is 6.04 Å². The van der Waals surface area contributed by atoms with Gasteiger partial charge in [0.15, 0.2) is 0 Å². The average Bonchev–Trinajstić information content (AvgIpc) is 2.74. The zero-order chi connectivity index (χ0) is 10.8. The maximum absolute atomic E-state index is 4.30. The van der Waals surface area contributed by atoms with Crippen molar-refractivity contribution < 1.29 is 0 Å². The molecule has 1 atom stereocenters. The summed E-state index contributed by atoms with van der Waals surface area (Å²) in [5.41, 5.74) is 2.89. The van der Waals surface area contributed by atoms with Gasteiger partial charge in [-0.2, -0.15) is 0 Å². The zero-order valence-electron chi connectivity index (χ0n) is 9.06. The normalized spacial score (nSPS) is 18.1. The first kappa shape index (κ1) is 9.40. The molecule has 1 aliphatic rings. The number of nitrogens with zero attached hydrogens (tertiary/aromatic N) is 1. The first-order valence-electron chi connectivity index (χ1n) is 5.69. The first-order valence-corrected chi connectivity index (χ1v) is 5.69. The number of fused-ring (bicyclic) bond motifs is 1. The van der Waals surface area contributed by atoms with Crippen LogP contribution in [0.15, 0.2) is 48.7 Å². The quantitative estimate of drug-likeness (QED) is 0.823. The van der Waals surface area contributed by atoms with Gasteiger partial charge >= 0.3 is 0 Å². The third-order valence-electron chi connectivity index (χ3n) is 3.12. The molecule has 0 bridgehead atoms. The number of aromatic nitrogens is 1. The molecule has 0 saturated heterocycles. The lowest BCUT2D eigenvalue weighted by molar-refractivity contribution is 0.757. The molecule has 0 saturated carbocycles. The molecule has 1 unspecified atom stereocenters. The third kappa shape index (κ3) is 1.67. The Morgan fingerprint density at radius 1 is 1.06 bits per heavy atom. The highest BCUT2D eigenvalue weighted by atomic mass is 15.0. The summed E-state index contributed by atoms with van der Waals surface area (Å²) in [6.45, 7) is 0. The Balaban J connectivity index is 1.84. The second-order valence-corrected chi connectivity index (χ2v) is 4.15. The molecule has 0 radical (unpaired) electrons. The van der Waals surface area contributed by atoms with Crippen molar-refractivity contribution in [3.8, 4) is 0 Å². The highest BCUT2D eigenvalue weighted by Crippen LogP contribution is 2.32. The summed E-state index contributed by atoms with van der Waals surface area (Å²) in [5.74, 6) is 0.962. The van der Waals surface area contributed by atoms with E-state index >= 15 is 0 Å². The summed E-state index contributed by atoms with van der Waals surface area (Å²) >= 11 is 0. The molecule has 2 heteroatoms. The van der Waals surface area contributed by atoms with E-state index in [-0.39, 0.29) is 0 Å². The number of benzene rings is 1. The van der Waals surface area contributed by atoms with Gasteiger partial charge in [0.25, 0.3) is 0 Å². The van der Waals surface area contributed by atoms with Crippen LogP contribution in [0.1, 0.15) is 23.6 Å². The monoisotopic (exact) mass is 210 g/mol. The van der Waals surface area contributed by atoms with Crippen molar-refractivity contribution in [3.05, 3.63) is 59.8 Å². The van der Waals surface area contributed by atoms with Gasteiger partial charge < -0.3 is 5.32 Å². The fourth-order valence-corrected chi connectivity index (χ4v) is 2.33. The lowest BCUT2D eigenvalue weighted by Gasteiger charge is -2.14. The van der Waals surface area contributed by atoms with E-state index in [9.17, 15) is 0 Å². The van der Waals surface area contributed by atoms with Crippen LogP contribution >= 0.6 is 0 Å². The highest BCUT2D eigenvalue weighted by molar-refractivity contribution is 5.43. The lowest BCUT2D eigenvalue weighted by Crippen LogP contribution is -2.07. The van der Waals surface area contributed by atoms with Gasteiger partial charge in [0, 0.05) is 6.20 Å². The Labute approximate surface area is 95.3 Å². The molecule has 2 aromatic rings. The standard InChI is InChI=1S/C14H14N2/c1-2-6-12-11(5-1)8-9-13(12)16-14-7-3-4-10-15-14/h1-7,10,13H,8-9H2,(H,15,16). The minimum Gasteiger partial charge on any atom is -0.363 e. The van der Waals surface area contributed by atoms with Crippen molar-refractivity contribution in [3.63, 3.8) is 0 Å². The van der Waals surface area contributed by atoms with Crippen LogP contribution in [0, 0.1) is 0 Å². The average molecular weight is 210 g/mol. The van der Waals surface area contributed by atoms with E-state index in [1.54, 1.807) is 0 Å². The van der Waals surface area contributed by atoms with Crippen LogP contribution < -0.4 is 5.32 Å². The van der Waals surface area contributed by atoms with Crippen molar-refractivity contribution in [2.45, 2.75) is 18.9 Å². The van der Waals surface area contributed by atoms with Gasteiger partial charge in [-0.05, 0) is 36.1 Å². The summed E-state index contributed by atoms with van der Waals surface area (Å²) in [4.78, 5) is 4.30. The number of rotatable bonds is 2. The number of nitrogens with one attached hydrogen (secondary N) is 1. The molecule has 1 aromatic carbocycles. The molecule has 80 valence electrons. The molecule has 1 aromatic heterocycles. The van der Waals surface area contributed by atoms with E-state index in [4.69, 9.17) is 0 Å². The fourth-order valence-electron chi connectivity index (χ4n) is 2.33. The summed E-state index contributed by atoms with van der Waals surface area (Å²) in [6, 6.07) is 15.0. The Morgan fingerprint density at radius 3 is 2.81 bits per heavy atom. The molecular weight excluding hydrogens is 196 g/mol. The van der Waals surface area contributed by atoms with E-state index in [0.717, 1.165) is 12.2 Å². The number of hydrogen-bond acceptors (Lipinski definition) is 2. The molecule has 1 aliphatic carbocycles. The van der Waals surface area contributed by atoms with E-state index in [2.05, 4.69) is 34.6 Å². The van der Waals surface area contributed by atoms with Crippen molar-refractivity contribution in [1.82, 2.24) is 4.98 Å². The first-order chi connectivity index (χ1) is 7.93. The number of aryl methyl sites for hydroxylation is 1. The smallest absolute Gasteiger partial charge is 0.126 e. The molecule has 1 N–H and O–H groups in total. The van der Waals surface area contributed by atoms with Gasteiger partial charge in [-0.15, -0.1) is 0 Å². The second kappa shape index (κ2) is 3.97. The topological polar surface area (TPSA) is 24.9 Å². The van der Waals surface area contributed by atoms with E-state index in [1.807, 2.05) is 24.4 Å². The maximum atomic E-state index is 4.30. The fraction of sp³-hybridized carbons (Fsp3) is 0.214. The van der Waals surface area contributed by atoms with Crippen molar-refractivity contribution in [2.75, 3.05) is 5.32 Å². The molecule has 1 heterocycles. The molecule has 0 fully saturated rings. The van der Waals surface area contributed by atoms with Crippen molar-refractivity contribution in [2.24, 2.45) is 0 Å². The Morgan fingerprint density at radius 2 is 1.94 bits per heavy atom. The van der Waals surface area contributed by atoms with Gasteiger partial charge in [0.1, 0.15) is 5.82 Å². The van der Waals surface area contributed by atoms with Crippen LogP contribution in [0.2, 0.25) is 0 Å². The summed E-state index contributed by atoms with van der Waals surface area (Å²) in [7, 11) is 0. The van der Waals surface area contributed by atoms with Crippen LogP contribution in [0.25, 0.3) is 0 Å². The minimum absolute atomic E-state index is 0.422. The van der Waals surface area contributed by atoms with Crippen molar-refractivity contribution in [1.29, 1.82) is 0 Å². The molecular formula is C14H14N2. The predicted molar refractivity (Wildman–Crippen MR) is 65.4 cm³/mol. The van der Waals surface area contributed by atoms with Crippen LogP contribution in [0.3, 0.4) is 0 Å². The molecule has 3 rings (SSSR count). The molecule has 16 heavy (non-hydrogen) atoms. The Bertz CT molecular complexity index is 479. The summed E-state index contributed by atoms with van der Waals surface area (Å²) < 4.78 is 0. The van der Waals surface area contributed by atoms with Gasteiger partial charge in [-0.1, -0.05) is 30.3 Å². The van der Waals surface area contributed by atoms with Crippen LogP contribution in [0.5, 0.6) is 0 Å². The van der Waals surface area contributed by atoms with E-state index in [1.165, 1.54) is 17.5 Å². The zero-order valence-corrected chi connectivity index (χ0v) is 9.06. The largest absolute Gasteiger partial charge is 0.363 e. The van der Waals surface area contributed by atoms with Crippen LogP contribution in [0.4, 0.5) is 5.82 Å². The molecule has 0 spiro atoms. The summed E-state index contributed by atoms with van der Waals surface area (Å²) in [5, 5.41) is 3.49. The van der Waals surface area contributed by atoms with Crippen LogP contribution in [-0.4, -0.2) is 4.98 Å². The Hall–Kier alpha value is -1.83. The molecule has 2 nitrogen and oxygen atoms in total. The Kier molecular flexibility index (Phi) is 2.33. The van der Waals surface area contributed by atoms with Gasteiger partial charge in [0.2, 0.25) is 0 Å². The van der Waals surface area contributed by atoms with Gasteiger partial charge in [-0.25, -0.2) is 4.98 Å². The number of pyridine rings is 1. The minimum atomic E-state index is 0.422. The number of hydrogen-bond donors (Lipinski definition) is 1. The van der Waals surface area contributed by atoms with Crippen LogP contribution in [-0.2, 0) is 6.42 Å². The lowest BCUT2D eigenvalue weighted by atomic mass is 10.1. The second-order valence-electron chi connectivity index (χ2n) is 4.15. The van der Waals surface area contributed by atoms with Gasteiger partial charge in [0.05, 0.1) is 6.04 Å².